The molecule has 31 heavy (non-hydrogen) atoms. The highest BCUT2D eigenvalue weighted by Crippen LogP contribution is 2.34. The lowest BCUT2D eigenvalue weighted by molar-refractivity contribution is -0.384. The summed E-state index contributed by atoms with van der Waals surface area (Å²) in [5.41, 5.74) is 0.938. The number of esters is 1. The first kappa shape index (κ1) is 23.7. The Kier molecular flexibility index (Phi) is 8.03. The quantitative estimate of drug-likeness (QED) is 0.285. The Morgan fingerprint density at radius 2 is 1.94 bits per heavy atom. The minimum absolute atomic E-state index is 0.0935. The summed E-state index contributed by atoms with van der Waals surface area (Å²) >= 11 is 1.01. The zero-order valence-electron chi connectivity index (χ0n) is 17.6. The van der Waals surface area contributed by atoms with Crippen molar-refractivity contribution in [1.82, 2.24) is 4.90 Å². The molecule has 0 saturated carbocycles. The van der Waals surface area contributed by atoms with E-state index in [1.165, 1.54) is 37.5 Å². The summed E-state index contributed by atoms with van der Waals surface area (Å²) in [5, 5.41) is 13.7. The van der Waals surface area contributed by atoms with Crippen molar-refractivity contribution in [2.45, 2.75) is 20.8 Å². The highest BCUT2D eigenvalue weighted by molar-refractivity contribution is 7.18. The summed E-state index contributed by atoms with van der Waals surface area (Å²) in [6.07, 6.45) is 2.61. The van der Waals surface area contributed by atoms with Gasteiger partial charge in [0.1, 0.15) is 5.00 Å². The van der Waals surface area contributed by atoms with E-state index < -0.39 is 16.8 Å². The van der Waals surface area contributed by atoms with Crippen LogP contribution in [0.4, 0.5) is 10.7 Å². The van der Waals surface area contributed by atoms with E-state index in [2.05, 4.69) is 5.32 Å². The minimum atomic E-state index is -0.662. The third-order valence-corrected chi connectivity index (χ3v) is 5.72. The van der Waals surface area contributed by atoms with Gasteiger partial charge in [-0.05, 0) is 38.0 Å². The molecule has 2 aromatic rings. The predicted molar refractivity (Wildman–Crippen MR) is 118 cm³/mol. The number of amides is 2. The zero-order valence-corrected chi connectivity index (χ0v) is 18.4. The molecule has 2 amide bonds. The van der Waals surface area contributed by atoms with Gasteiger partial charge in [-0.1, -0.05) is 12.1 Å². The monoisotopic (exact) mass is 445 g/mol. The Labute approximate surface area is 183 Å². The molecular weight excluding hydrogens is 422 g/mol. The number of rotatable bonds is 8. The minimum Gasteiger partial charge on any atom is -0.465 e. The van der Waals surface area contributed by atoms with Crippen molar-refractivity contribution in [3.05, 3.63) is 62.0 Å². The Hall–Kier alpha value is -3.53. The molecule has 0 saturated heterocycles. The number of nitrogens with one attached hydrogen (secondary N) is 1. The summed E-state index contributed by atoms with van der Waals surface area (Å²) in [6, 6.07) is 5.81. The highest BCUT2D eigenvalue weighted by Gasteiger charge is 2.27. The van der Waals surface area contributed by atoms with Crippen LogP contribution in [-0.2, 0) is 9.53 Å². The molecule has 0 unspecified atom stereocenters. The number of carbonyl (C=O) groups is 3. The summed E-state index contributed by atoms with van der Waals surface area (Å²) in [7, 11) is 1.22. The van der Waals surface area contributed by atoms with Gasteiger partial charge in [0, 0.05) is 31.3 Å². The number of anilines is 1. The molecule has 1 aromatic carbocycles. The Balaban J connectivity index is 2.32. The number of ether oxygens (including phenoxy) is 1. The second kappa shape index (κ2) is 10.5. The summed E-state index contributed by atoms with van der Waals surface area (Å²) in [4.78, 5) is 49.8. The van der Waals surface area contributed by atoms with Crippen molar-refractivity contribution in [2.24, 2.45) is 0 Å². The van der Waals surface area contributed by atoms with Gasteiger partial charge < -0.3 is 15.0 Å². The average Bonchev–Trinajstić information content (AvgIpc) is 3.08. The Bertz CT molecular complexity index is 1040. The largest absolute Gasteiger partial charge is 0.465 e. The van der Waals surface area contributed by atoms with E-state index in [0.29, 0.717) is 29.1 Å². The van der Waals surface area contributed by atoms with Crippen molar-refractivity contribution in [2.75, 3.05) is 25.5 Å². The van der Waals surface area contributed by atoms with Crippen LogP contribution in [0.25, 0.3) is 6.08 Å². The SMILES string of the molecule is CCN(CC)C(=O)c1sc(NC(=O)/C=C/c2cccc([N+](=O)[O-])c2)c(C(=O)OC)c1C. The topological polar surface area (TPSA) is 119 Å². The third-order valence-electron chi connectivity index (χ3n) is 4.53. The molecule has 0 aliphatic heterocycles. The lowest BCUT2D eigenvalue weighted by Crippen LogP contribution is -2.30. The number of carbonyl (C=O) groups excluding carboxylic acids is 3. The molecule has 0 radical (unpaired) electrons. The van der Waals surface area contributed by atoms with Crippen LogP contribution in [0.5, 0.6) is 0 Å². The van der Waals surface area contributed by atoms with Gasteiger partial charge in [-0.25, -0.2) is 4.79 Å². The number of methoxy groups -OCH3 is 1. The lowest BCUT2D eigenvalue weighted by atomic mass is 10.1. The van der Waals surface area contributed by atoms with Crippen LogP contribution in [-0.4, -0.2) is 47.8 Å². The van der Waals surface area contributed by atoms with Gasteiger partial charge in [-0.3, -0.25) is 19.7 Å². The van der Waals surface area contributed by atoms with E-state index in [0.717, 1.165) is 11.3 Å². The summed E-state index contributed by atoms with van der Waals surface area (Å²) < 4.78 is 4.82. The molecule has 164 valence electrons. The van der Waals surface area contributed by atoms with Gasteiger partial charge in [-0.2, -0.15) is 0 Å². The number of thiophene rings is 1. The molecule has 0 aliphatic carbocycles. The number of nitro groups is 1. The molecule has 2 rings (SSSR count). The van der Waals surface area contributed by atoms with Crippen LogP contribution in [0.15, 0.2) is 30.3 Å². The van der Waals surface area contributed by atoms with Gasteiger partial charge in [0.25, 0.3) is 11.6 Å². The maximum Gasteiger partial charge on any atom is 0.341 e. The van der Waals surface area contributed by atoms with Crippen molar-refractivity contribution in [3.8, 4) is 0 Å². The predicted octanol–water partition coefficient (Wildman–Crippen LogP) is 3.89. The molecule has 10 heteroatoms. The molecule has 0 atom stereocenters. The van der Waals surface area contributed by atoms with Crippen molar-refractivity contribution in [3.63, 3.8) is 0 Å². The van der Waals surface area contributed by atoms with Gasteiger partial charge in [0.15, 0.2) is 0 Å². The van der Waals surface area contributed by atoms with Crippen LogP contribution in [0.1, 0.15) is 45.0 Å². The fraction of sp³-hybridized carbons (Fsp3) is 0.286. The molecule has 0 fully saturated rings. The van der Waals surface area contributed by atoms with Crippen LogP contribution in [0.2, 0.25) is 0 Å². The molecular formula is C21H23N3O6S. The van der Waals surface area contributed by atoms with E-state index in [1.54, 1.807) is 17.9 Å². The maximum absolute atomic E-state index is 12.8. The standard InChI is InChI=1S/C21H23N3O6S/c1-5-23(6-2)20(26)18-13(3)17(21(27)30-4)19(31-18)22-16(25)11-10-14-8-7-9-15(12-14)24(28)29/h7-12H,5-6H2,1-4H3,(H,22,25)/b11-10+. The number of benzene rings is 1. The second-order valence-electron chi connectivity index (χ2n) is 6.40. The van der Waals surface area contributed by atoms with Crippen LogP contribution < -0.4 is 5.32 Å². The number of non-ortho nitro benzene ring substituents is 1. The summed E-state index contributed by atoms with van der Waals surface area (Å²) in [6.45, 7) is 6.36. The van der Waals surface area contributed by atoms with Crippen molar-refractivity contribution in [1.29, 1.82) is 0 Å². The van der Waals surface area contributed by atoms with Gasteiger partial charge in [0.05, 0.1) is 22.5 Å². The normalized spacial score (nSPS) is 10.7. The van der Waals surface area contributed by atoms with Gasteiger partial charge in [0.2, 0.25) is 5.91 Å². The van der Waals surface area contributed by atoms with Crippen LogP contribution in [0.3, 0.4) is 0 Å². The third kappa shape index (κ3) is 5.54. The first-order valence-corrected chi connectivity index (χ1v) is 10.3. The molecule has 1 N–H and O–H groups in total. The van der Waals surface area contributed by atoms with E-state index in [1.807, 2.05) is 13.8 Å². The first-order valence-electron chi connectivity index (χ1n) is 9.47. The molecule has 1 heterocycles. The van der Waals surface area contributed by atoms with Crippen LogP contribution in [0, 0.1) is 17.0 Å². The maximum atomic E-state index is 12.8. The van der Waals surface area contributed by atoms with E-state index in [4.69, 9.17) is 4.74 Å². The fourth-order valence-corrected chi connectivity index (χ4v) is 4.04. The molecule has 0 aliphatic rings. The van der Waals surface area contributed by atoms with E-state index in [9.17, 15) is 24.5 Å². The van der Waals surface area contributed by atoms with Crippen molar-refractivity contribution >= 4 is 45.9 Å². The van der Waals surface area contributed by atoms with E-state index >= 15 is 0 Å². The molecule has 1 aromatic heterocycles. The Morgan fingerprint density at radius 1 is 1.26 bits per heavy atom. The lowest BCUT2D eigenvalue weighted by Gasteiger charge is -2.17. The number of hydrogen-bond acceptors (Lipinski definition) is 7. The molecule has 0 spiro atoms. The van der Waals surface area contributed by atoms with Gasteiger partial charge in [-0.15, -0.1) is 11.3 Å². The number of nitrogens with zero attached hydrogens (tertiary/aromatic N) is 2. The van der Waals surface area contributed by atoms with Crippen molar-refractivity contribution < 1.29 is 24.0 Å². The average molecular weight is 445 g/mol. The molecule has 0 bridgehead atoms. The van der Waals surface area contributed by atoms with Gasteiger partial charge >= 0.3 is 5.97 Å². The number of nitro benzene ring substituents is 1. The Morgan fingerprint density at radius 3 is 2.52 bits per heavy atom. The highest BCUT2D eigenvalue weighted by atomic mass is 32.1. The smallest absolute Gasteiger partial charge is 0.341 e. The second-order valence-corrected chi connectivity index (χ2v) is 7.42. The summed E-state index contributed by atoms with van der Waals surface area (Å²) in [5.74, 6) is -1.45. The van der Waals surface area contributed by atoms with E-state index in [-0.39, 0.29) is 22.2 Å². The van der Waals surface area contributed by atoms with Crippen LogP contribution >= 0.6 is 11.3 Å². The molecule has 9 nitrogen and oxygen atoms in total. The zero-order chi connectivity index (χ0) is 23.1. The number of hydrogen-bond donors (Lipinski definition) is 1. The fourth-order valence-electron chi connectivity index (χ4n) is 2.88. The first-order chi connectivity index (χ1) is 14.7.